The van der Waals surface area contributed by atoms with Gasteiger partial charge in [0.1, 0.15) is 24.5 Å². The number of benzene rings is 3. The smallest absolute Gasteiger partial charge is 0.329 e. The number of likely N-dealkylation sites (tertiary alicyclic amines) is 1. The van der Waals surface area contributed by atoms with E-state index in [9.17, 15) is 14.4 Å². The third kappa shape index (κ3) is 8.76. The number of hydrogen-bond donors (Lipinski definition) is 0. The van der Waals surface area contributed by atoms with Crippen molar-refractivity contribution in [3.05, 3.63) is 71.3 Å². The van der Waals surface area contributed by atoms with Gasteiger partial charge in [-0.3, -0.25) is 9.59 Å². The van der Waals surface area contributed by atoms with Gasteiger partial charge >= 0.3 is 5.97 Å². The van der Waals surface area contributed by atoms with Crippen LogP contribution in [0.1, 0.15) is 67.7 Å². The minimum absolute atomic E-state index is 0.141. The van der Waals surface area contributed by atoms with Crippen LogP contribution in [0.15, 0.2) is 54.6 Å². The number of piperidine rings is 1. The van der Waals surface area contributed by atoms with E-state index in [0.29, 0.717) is 84.1 Å². The van der Waals surface area contributed by atoms with Crippen LogP contribution < -0.4 is 28.4 Å². The summed E-state index contributed by atoms with van der Waals surface area (Å²) in [5, 5.41) is 0. The Balaban J connectivity index is 1.63. The number of carbonyl (C=O) groups is 3. The van der Waals surface area contributed by atoms with E-state index < -0.39 is 24.0 Å². The molecule has 1 aliphatic heterocycles. The number of aldehydes is 1. The fourth-order valence-corrected chi connectivity index (χ4v) is 6.33. The lowest BCUT2D eigenvalue weighted by Crippen LogP contribution is -2.50. The second kappa shape index (κ2) is 18.0. The summed E-state index contributed by atoms with van der Waals surface area (Å²) in [5.74, 6) is 1.77. The quantitative estimate of drug-likeness (QED) is 0.123. The molecule has 3 aromatic carbocycles. The second-order valence-corrected chi connectivity index (χ2v) is 11.6. The van der Waals surface area contributed by atoms with E-state index >= 15 is 0 Å². The van der Waals surface area contributed by atoms with Crippen molar-refractivity contribution in [2.24, 2.45) is 0 Å². The Morgan fingerprint density at radius 1 is 0.837 bits per heavy atom. The molecule has 264 valence electrons. The summed E-state index contributed by atoms with van der Waals surface area (Å²) >= 11 is 0. The van der Waals surface area contributed by atoms with E-state index in [1.165, 1.54) is 21.3 Å². The topological polar surface area (TPSA) is 119 Å². The molecule has 0 spiro atoms. The van der Waals surface area contributed by atoms with Crippen LogP contribution in [0.25, 0.3) is 0 Å². The first kappa shape index (κ1) is 36.9. The van der Waals surface area contributed by atoms with Gasteiger partial charge in [0.25, 0.3) is 0 Å². The molecule has 49 heavy (non-hydrogen) atoms. The lowest BCUT2D eigenvalue weighted by Gasteiger charge is -2.37. The van der Waals surface area contributed by atoms with Crippen molar-refractivity contribution in [2.45, 2.75) is 63.5 Å². The SMILES string of the molecule is CC[C@H](C(=O)N1CCCC[C@H]1C(=O)O[C@H](CCc1ccc(OC)c(OC)c1)c1ccccc1OCC=O)c1cc(OC)c(OC)c(OC)c1. The predicted octanol–water partition coefficient (Wildman–Crippen LogP) is 6.10. The average molecular weight is 678 g/mol. The molecule has 0 bridgehead atoms. The maximum Gasteiger partial charge on any atom is 0.329 e. The van der Waals surface area contributed by atoms with Crippen molar-refractivity contribution in [2.75, 3.05) is 48.7 Å². The number of nitrogens with zero attached hydrogens (tertiary/aromatic N) is 1. The highest BCUT2D eigenvalue weighted by molar-refractivity contribution is 5.89. The lowest BCUT2D eigenvalue weighted by molar-refractivity contribution is -0.162. The first-order valence-corrected chi connectivity index (χ1v) is 16.5. The lowest BCUT2D eigenvalue weighted by atomic mass is 9.91. The van der Waals surface area contributed by atoms with E-state index in [0.717, 1.165) is 18.4 Å². The third-order valence-corrected chi connectivity index (χ3v) is 8.83. The van der Waals surface area contributed by atoms with Gasteiger partial charge < -0.3 is 38.1 Å². The Labute approximate surface area is 288 Å². The predicted molar refractivity (Wildman–Crippen MR) is 183 cm³/mol. The average Bonchev–Trinajstić information content (AvgIpc) is 3.15. The summed E-state index contributed by atoms with van der Waals surface area (Å²) in [7, 11) is 7.75. The molecule has 11 nitrogen and oxygen atoms in total. The van der Waals surface area contributed by atoms with Crippen LogP contribution in [-0.4, -0.2) is 77.8 Å². The van der Waals surface area contributed by atoms with Crippen LogP contribution in [0.2, 0.25) is 0 Å². The van der Waals surface area contributed by atoms with Gasteiger partial charge in [-0.2, -0.15) is 0 Å². The van der Waals surface area contributed by atoms with Gasteiger partial charge in [-0.1, -0.05) is 31.2 Å². The number of esters is 1. The van der Waals surface area contributed by atoms with Crippen molar-refractivity contribution < 1.29 is 47.5 Å². The largest absolute Gasteiger partial charge is 0.493 e. The van der Waals surface area contributed by atoms with Crippen molar-refractivity contribution in [3.8, 4) is 34.5 Å². The first-order chi connectivity index (χ1) is 23.8. The normalized spacial score (nSPS) is 15.4. The number of aryl methyl sites for hydroxylation is 1. The Bertz CT molecular complexity index is 1550. The van der Waals surface area contributed by atoms with E-state index in [2.05, 4.69) is 0 Å². The van der Waals surface area contributed by atoms with Gasteiger partial charge in [0.05, 0.1) is 41.5 Å². The molecule has 1 heterocycles. The summed E-state index contributed by atoms with van der Waals surface area (Å²) < 4.78 is 39.5. The van der Waals surface area contributed by atoms with Crippen molar-refractivity contribution in [1.29, 1.82) is 0 Å². The molecule has 0 aromatic heterocycles. The molecule has 0 radical (unpaired) electrons. The molecular weight excluding hydrogens is 630 g/mol. The van der Waals surface area contributed by atoms with Gasteiger partial charge in [-0.15, -0.1) is 0 Å². The van der Waals surface area contributed by atoms with E-state index in [1.54, 1.807) is 43.4 Å². The molecule has 1 saturated heterocycles. The highest BCUT2D eigenvalue weighted by Crippen LogP contribution is 2.42. The van der Waals surface area contributed by atoms with Crippen molar-refractivity contribution >= 4 is 18.2 Å². The highest BCUT2D eigenvalue weighted by Gasteiger charge is 2.38. The fraction of sp³-hybridized carbons (Fsp3) is 0.447. The van der Waals surface area contributed by atoms with Crippen LogP contribution in [0, 0.1) is 0 Å². The van der Waals surface area contributed by atoms with Crippen LogP contribution in [0.4, 0.5) is 0 Å². The molecule has 3 aromatic rings. The van der Waals surface area contributed by atoms with Gasteiger partial charge in [-0.25, -0.2) is 4.79 Å². The molecule has 0 aliphatic carbocycles. The van der Waals surface area contributed by atoms with Crippen molar-refractivity contribution in [3.63, 3.8) is 0 Å². The number of carbonyl (C=O) groups excluding carboxylic acids is 3. The maximum absolute atomic E-state index is 14.3. The summed E-state index contributed by atoms with van der Waals surface area (Å²) in [6, 6.07) is 15.7. The standard InChI is InChI=1S/C38H47NO10/c1-7-27(26-23-34(45-4)36(47-6)35(24-26)46-5)37(41)39-19-11-10-13-29(39)38(42)49-31(28-12-8-9-14-30(28)48-21-20-40)17-15-25-16-18-32(43-2)33(22-25)44-3/h8-9,12,14,16,18,20,22-24,27,29,31H,7,10-11,13,15,17,19,21H2,1-6H3/t27-,29-,31+/m0/s1. The summed E-state index contributed by atoms with van der Waals surface area (Å²) in [4.78, 5) is 41.2. The number of ether oxygens (including phenoxy) is 7. The summed E-state index contributed by atoms with van der Waals surface area (Å²) in [6.07, 6.45) is 3.41. The zero-order valence-corrected chi connectivity index (χ0v) is 29.2. The molecule has 1 fully saturated rings. The Hall–Kier alpha value is -4.93. The monoisotopic (exact) mass is 677 g/mol. The molecule has 11 heteroatoms. The first-order valence-electron chi connectivity index (χ1n) is 16.5. The Kier molecular flexibility index (Phi) is 13.6. The molecule has 0 saturated carbocycles. The Morgan fingerprint density at radius 3 is 2.16 bits per heavy atom. The third-order valence-electron chi connectivity index (χ3n) is 8.83. The van der Waals surface area contributed by atoms with Crippen LogP contribution >= 0.6 is 0 Å². The zero-order valence-electron chi connectivity index (χ0n) is 29.2. The highest BCUT2D eigenvalue weighted by atomic mass is 16.6. The number of para-hydroxylation sites is 1. The Morgan fingerprint density at radius 2 is 1.53 bits per heavy atom. The molecule has 1 aliphatic rings. The minimum atomic E-state index is -0.774. The van der Waals surface area contributed by atoms with Gasteiger partial charge in [0, 0.05) is 12.1 Å². The van der Waals surface area contributed by atoms with Gasteiger partial charge in [0.15, 0.2) is 29.3 Å². The number of hydrogen-bond acceptors (Lipinski definition) is 10. The number of rotatable bonds is 17. The molecular formula is C38H47NO10. The van der Waals surface area contributed by atoms with Crippen molar-refractivity contribution in [1.82, 2.24) is 4.90 Å². The van der Waals surface area contributed by atoms with E-state index in [-0.39, 0.29) is 12.5 Å². The van der Waals surface area contributed by atoms with Crippen LogP contribution in [0.3, 0.4) is 0 Å². The molecule has 4 rings (SSSR count). The van der Waals surface area contributed by atoms with E-state index in [4.69, 9.17) is 33.2 Å². The number of methoxy groups -OCH3 is 5. The number of amides is 1. The minimum Gasteiger partial charge on any atom is -0.493 e. The van der Waals surface area contributed by atoms with Crippen LogP contribution in [0.5, 0.6) is 34.5 Å². The summed E-state index contributed by atoms with van der Waals surface area (Å²) in [5.41, 5.74) is 2.29. The van der Waals surface area contributed by atoms with Gasteiger partial charge in [0.2, 0.25) is 11.7 Å². The van der Waals surface area contributed by atoms with E-state index in [1.807, 2.05) is 37.3 Å². The summed E-state index contributed by atoms with van der Waals surface area (Å²) in [6.45, 7) is 2.22. The molecule has 1 amide bonds. The molecule has 3 atom stereocenters. The fourth-order valence-electron chi connectivity index (χ4n) is 6.33. The van der Waals surface area contributed by atoms with Gasteiger partial charge in [-0.05, 0) is 80.0 Å². The second-order valence-electron chi connectivity index (χ2n) is 11.6. The molecule has 0 unspecified atom stereocenters. The maximum atomic E-state index is 14.3. The zero-order chi connectivity index (χ0) is 35.3. The molecule has 0 N–H and O–H groups in total. The van der Waals surface area contributed by atoms with Crippen LogP contribution in [-0.2, 0) is 25.5 Å².